The lowest BCUT2D eigenvalue weighted by Gasteiger charge is -2.14. The van der Waals surface area contributed by atoms with Crippen LogP contribution in [0.15, 0.2) is 48.5 Å². The molecule has 3 rings (SSSR count). The van der Waals surface area contributed by atoms with Crippen molar-refractivity contribution >= 4 is 56.5 Å². The van der Waals surface area contributed by atoms with Crippen LogP contribution in [0.2, 0.25) is 10.0 Å². The molecular weight excluding hydrogens is 393 g/mol. The average Bonchev–Trinajstić information content (AvgIpc) is 2.96. The maximum absolute atomic E-state index is 12.3. The number of rotatable bonds is 5. The molecule has 0 unspecified atom stereocenters. The minimum absolute atomic E-state index is 0.183. The Labute approximate surface area is 164 Å². The third-order valence-electron chi connectivity index (χ3n) is 3.79. The lowest BCUT2D eigenvalue weighted by atomic mass is 10.1. The number of hydrogen-bond donors (Lipinski definition) is 1. The molecule has 0 radical (unpaired) electrons. The first-order valence-corrected chi connectivity index (χ1v) is 9.42. The number of thiophene rings is 1. The van der Waals surface area contributed by atoms with E-state index in [1.165, 1.54) is 11.3 Å². The Morgan fingerprint density at radius 2 is 1.88 bits per heavy atom. The van der Waals surface area contributed by atoms with E-state index in [0.29, 0.717) is 10.0 Å². The molecule has 7 heteroatoms. The van der Waals surface area contributed by atoms with Crippen molar-refractivity contribution in [1.82, 2.24) is 5.32 Å². The van der Waals surface area contributed by atoms with Crippen LogP contribution in [0, 0.1) is 0 Å². The van der Waals surface area contributed by atoms with Gasteiger partial charge in [-0.15, -0.1) is 11.3 Å². The van der Waals surface area contributed by atoms with Crippen LogP contribution in [0.1, 0.15) is 28.2 Å². The number of hydrogen-bond acceptors (Lipinski definition) is 4. The fourth-order valence-electron chi connectivity index (χ4n) is 2.48. The van der Waals surface area contributed by atoms with Crippen molar-refractivity contribution in [2.45, 2.75) is 13.0 Å². The van der Waals surface area contributed by atoms with Gasteiger partial charge in [0.25, 0.3) is 5.91 Å². The second kappa shape index (κ2) is 8.08. The molecule has 0 saturated heterocycles. The summed E-state index contributed by atoms with van der Waals surface area (Å²) in [5.41, 5.74) is 0.969. The minimum Gasteiger partial charge on any atom is -0.451 e. The summed E-state index contributed by atoms with van der Waals surface area (Å²) in [6.45, 7) is 1.49. The second-order valence-corrected chi connectivity index (χ2v) is 7.53. The monoisotopic (exact) mass is 407 g/mol. The van der Waals surface area contributed by atoms with Crippen LogP contribution in [-0.4, -0.2) is 18.5 Å². The molecule has 0 saturated carbocycles. The molecule has 2 aromatic carbocycles. The van der Waals surface area contributed by atoms with Gasteiger partial charge in [-0.3, -0.25) is 4.79 Å². The number of carbonyl (C=O) groups is 2. The van der Waals surface area contributed by atoms with Crippen LogP contribution in [0.5, 0.6) is 0 Å². The Bertz CT molecular complexity index is 956. The van der Waals surface area contributed by atoms with E-state index in [0.717, 1.165) is 15.6 Å². The van der Waals surface area contributed by atoms with E-state index in [-0.39, 0.29) is 23.4 Å². The highest BCUT2D eigenvalue weighted by Gasteiger charge is 2.20. The maximum atomic E-state index is 12.3. The molecule has 1 amide bonds. The second-order valence-electron chi connectivity index (χ2n) is 5.66. The van der Waals surface area contributed by atoms with Gasteiger partial charge >= 0.3 is 5.97 Å². The Kier molecular flexibility index (Phi) is 5.81. The zero-order valence-electron chi connectivity index (χ0n) is 13.8. The molecule has 1 heterocycles. The van der Waals surface area contributed by atoms with E-state index in [1.54, 1.807) is 18.2 Å². The Morgan fingerprint density at radius 3 is 2.62 bits per heavy atom. The summed E-state index contributed by atoms with van der Waals surface area (Å²) in [4.78, 5) is 24.6. The molecule has 1 aromatic heterocycles. The van der Waals surface area contributed by atoms with E-state index < -0.39 is 5.97 Å². The highest BCUT2D eigenvalue weighted by Crippen LogP contribution is 2.37. The molecular formula is C19H15Cl2NO3S. The molecule has 26 heavy (non-hydrogen) atoms. The summed E-state index contributed by atoms with van der Waals surface area (Å²) in [5.74, 6) is -1.01. The first-order valence-electron chi connectivity index (χ1n) is 7.84. The summed E-state index contributed by atoms with van der Waals surface area (Å²) < 4.78 is 5.90. The fourth-order valence-corrected chi connectivity index (χ4v) is 4.15. The van der Waals surface area contributed by atoms with Gasteiger partial charge in [-0.05, 0) is 24.6 Å². The van der Waals surface area contributed by atoms with E-state index in [2.05, 4.69) is 5.32 Å². The Morgan fingerprint density at radius 1 is 1.15 bits per heavy atom. The van der Waals surface area contributed by atoms with Gasteiger partial charge in [-0.25, -0.2) is 4.79 Å². The molecule has 0 aliphatic carbocycles. The fraction of sp³-hybridized carbons (Fsp3) is 0.158. The standard InChI is InChI=1S/C19H15Cl2NO3S/c1-11(12-5-3-2-4-6-12)22-16(23)10-25-19(24)18-17(21)14-8-7-13(20)9-15(14)26-18/h2-9,11H,10H2,1H3,(H,22,23)/t11-/m0/s1. The number of halogens is 2. The molecule has 1 atom stereocenters. The summed E-state index contributed by atoms with van der Waals surface area (Å²) in [6, 6.07) is 14.5. The zero-order valence-corrected chi connectivity index (χ0v) is 16.1. The van der Waals surface area contributed by atoms with Gasteiger partial charge in [0, 0.05) is 15.1 Å². The van der Waals surface area contributed by atoms with Crippen molar-refractivity contribution in [2.24, 2.45) is 0 Å². The van der Waals surface area contributed by atoms with Crippen molar-refractivity contribution in [3.63, 3.8) is 0 Å². The van der Waals surface area contributed by atoms with Gasteiger partial charge < -0.3 is 10.1 Å². The normalized spacial score (nSPS) is 12.0. The van der Waals surface area contributed by atoms with E-state index >= 15 is 0 Å². The molecule has 0 aliphatic heterocycles. The third kappa shape index (κ3) is 4.18. The van der Waals surface area contributed by atoms with Gasteiger partial charge in [0.2, 0.25) is 0 Å². The number of fused-ring (bicyclic) bond motifs is 1. The molecule has 1 N–H and O–H groups in total. The Balaban J connectivity index is 1.62. The molecule has 0 bridgehead atoms. The smallest absolute Gasteiger partial charge is 0.350 e. The van der Waals surface area contributed by atoms with Gasteiger partial charge in [0.05, 0.1) is 11.1 Å². The summed E-state index contributed by atoms with van der Waals surface area (Å²) in [7, 11) is 0. The zero-order chi connectivity index (χ0) is 18.7. The molecule has 3 aromatic rings. The van der Waals surface area contributed by atoms with E-state index in [4.69, 9.17) is 27.9 Å². The molecule has 0 aliphatic rings. The van der Waals surface area contributed by atoms with Crippen molar-refractivity contribution in [3.05, 3.63) is 69.0 Å². The predicted octanol–water partition coefficient (Wildman–Crippen LogP) is 5.24. The summed E-state index contributed by atoms with van der Waals surface area (Å²) in [6.07, 6.45) is 0. The average molecular weight is 408 g/mol. The summed E-state index contributed by atoms with van der Waals surface area (Å²) >= 11 is 13.4. The molecule has 4 nitrogen and oxygen atoms in total. The van der Waals surface area contributed by atoms with Crippen molar-refractivity contribution in [3.8, 4) is 0 Å². The van der Waals surface area contributed by atoms with Gasteiger partial charge in [-0.1, -0.05) is 59.6 Å². The van der Waals surface area contributed by atoms with Crippen LogP contribution >= 0.6 is 34.5 Å². The molecule has 0 fully saturated rings. The van der Waals surface area contributed by atoms with Crippen LogP contribution in [-0.2, 0) is 9.53 Å². The van der Waals surface area contributed by atoms with Crippen LogP contribution in [0.3, 0.4) is 0 Å². The molecule has 0 spiro atoms. The van der Waals surface area contributed by atoms with Crippen LogP contribution in [0.25, 0.3) is 10.1 Å². The number of esters is 1. The van der Waals surface area contributed by atoms with E-state index in [1.807, 2.05) is 37.3 Å². The number of amides is 1. The third-order valence-corrected chi connectivity index (χ3v) is 5.66. The quantitative estimate of drug-likeness (QED) is 0.588. The first kappa shape index (κ1) is 18.7. The lowest BCUT2D eigenvalue weighted by molar-refractivity contribution is -0.124. The van der Waals surface area contributed by atoms with Crippen molar-refractivity contribution in [2.75, 3.05) is 6.61 Å². The summed E-state index contributed by atoms with van der Waals surface area (Å²) in [5, 5.41) is 4.39. The number of benzene rings is 2. The van der Waals surface area contributed by atoms with Crippen LogP contribution < -0.4 is 5.32 Å². The van der Waals surface area contributed by atoms with Gasteiger partial charge in [-0.2, -0.15) is 0 Å². The topological polar surface area (TPSA) is 55.4 Å². The molecule has 134 valence electrons. The predicted molar refractivity (Wildman–Crippen MR) is 105 cm³/mol. The van der Waals surface area contributed by atoms with Gasteiger partial charge in [0.1, 0.15) is 4.88 Å². The van der Waals surface area contributed by atoms with Crippen molar-refractivity contribution in [1.29, 1.82) is 0 Å². The minimum atomic E-state index is -0.630. The van der Waals surface area contributed by atoms with Crippen molar-refractivity contribution < 1.29 is 14.3 Å². The SMILES string of the molecule is C[C@H](NC(=O)COC(=O)c1sc2cc(Cl)ccc2c1Cl)c1ccccc1. The van der Waals surface area contributed by atoms with Crippen LogP contribution in [0.4, 0.5) is 0 Å². The number of ether oxygens (including phenoxy) is 1. The number of carbonyl (C=O) groups excluding carboxylic acids is 2. The maximum Gasteiger partial charge on any atom is 0.350 e. The largest absolute Gasteiger partial charge is 0.451 e. The van der Waals surface area contributed by atoms with Gasteiger partial charge in [0.15, 0.2) is 6.61 Å². The first-order chi connectivity index (χ1) is 12.5. The highest BCUT2D eigenvalue weighted by atomic mass is 35.5. The lowest BCUT2D eigenvalue weighted by Crippen LogP contribution is -2.31. The highest BCUT2D eigenvalue weighted by molar-refractivity contribution is 7.21. The number of nitrogens with one attached hydrogen (secondary N) is 1. The van der Waals surface area contributed by atoms with E-state index in [9.17, 15) is 9.59 Å². The Hall–Kier alpha value is -2.08.